The largest absolute Gasteiger partial charge is 0.488 e. The monoisotopic (exact) mass is 479 g/mol. The van der Waals surface area contributed by atoms with Crippen LogP contribution in [0.4, 0.5) is 0 Å². The van der Waals surface area contributed by atoms with E-state index in [0.29, 0.717) is 6.61 Å². The number of halogens is 1. The van der Waals surface area contributed by atoms with Crippen molar-refractivity contribution in [3.63, 3.8) is 0 Å². The van der Waals surface area contributed by atoms with Gasteiger partial charge in [-0.15, -0.1) is 23.7 Å². The van der Waals surface area contributed by atoms with Gasteiger partial charge in [-0.05, 0) is 48.4 Å². The van der Waals surface area contributed by atoms with Crippen LogP contribution in [0.5, 0.6) is 17.2 Å². The van der Waals surface area contributed by atoms with Crippen molar-refractivity contribution < 1.29 is 9.47 Å². The summed E-state index contributed by atoms with van der Waals surface area (Å²) in [5.41, 5.74) is 1.16. The molecule has 0 spiro atoms. The molecule has 0 amide bonds. The molecule has 4 rings (SSSR count). The number of fused-ring (bicyclic) bond motifs is 1. The Morgan fingerprint density at radius 3 is 2.33 bits per heavy atom. The molecule has 3 nitrogen and oxygen atoms in total. The maximum Gasteiger partial charge on any atom is 0.153 e. The third-order valence-electron chi connectivity index (χ3n) is 5.22. The van der Waals surface area contributed by atoms with Gasteiger partial charge >= 0.3 is 0 Å². The van der Waals surface area contributed by atoms with Gasteiger partial charge < -0.3 is 9.47 Å². The molecule has 0 saturated carbocycles. The molecule has 0 aliphatic heterocycles. The molecule has 0 radical (unpaired) electrons. The maximum absolute atomic E-state index is 6.39. The summed E-state index contributed by atoms with van der Waals surface area (Å²) in [5, 5.41) is 1.13. The molecule has 0 N–H and O–H groups in total. The van der Waals surface area contributed by atoms with Gasteiger partial charge in [0.2, 0.25) is 0 Å². The Balaban J connectivity index is 0.00000306. The highest BCUT2D eigenvalue weighted by molar-refractivity contribution is 7.22. The van der Waals surface area contributed by atoms with E-state index in [1.807, 2.05) is 36.5 Å². The molecule has 0 bridgehead atoms. The highest BCUT2D eigenvalue weighted by Crippen LogP contribution is 2.46. The Morgan fingerprint density at radius 1 is 0.818 bits per heavy atom. The van der Waals surface area contributed by atoms with Crippen LogP contribution in [0.15, 0.2) is 83.9 Å². The molecule has 0 saturated heterocycles. The minimum atomic E-state index is 0. The number of aliphatic imine (C=N–C) groups is 1. The Kier molecular flexibility index (Phi) is 9.79. The first-order chi connectivity index (χ1) is 15.8. The van der Waals surface area contributed by atoms with Gasteiger partial charge in [0.15, 0.2) is 5.75 Å². The second kappa shape index (κ2) is 13.0. The maximum atomic E-state index is 6.39. The first kappa shape index (κ1) is 24.8. The number of benzene rings is 3. The molecule has 0 unspecified atom stereocenters. The van der Waals surface area contributed by atoms with Crippen molar-refractivity contribution in [2.75, 3.05) is 13.2 Å². The third-order valence-corrected chi connectivity index (χ3v) is 6.43. The number of thiophene rings is 1. The standard InChI is InChI=1S/C28H29NO2S.ClH/c1-2-3-4-10-19-29-20-21-30-23-15-17-24(18-16-23)31-27-25-13-8-9-14-26(25)32-28(27)22-11-6-5-7-12-22;/h5-9,11-18,20H,2-4,10,19,21H2,1H3;1H. The zero-order valence-corrected chi connectivity index (χ0v) is 20.5. The molecule has 33 heavy (non-hydrogen) atoms. The second-order valence-corrected chi connectivity index (χ2v) is 8.71. The summed E-state index contributed by atoms with van der Waals surface area (Å²) in [7, 11) is 0. The summed E-state index contributed by atoms with van der Waals surface area (Å²) in [5.74, 6) is 2.51. The Labute approximate surface area is 206 Å². The van der Waals surface area contributed by atoms with Crippen LogP contribution in [0, 0.1) is 0 Å². The number of rotatable bonds is 11. The molecule has 172 valence electrons. The van der Waals surface area contributed by atoms with E-state index in [1.54, 1.807) is 11.3 Å². The smallest absolute Gasteiger partial charge is 0.153 e. The van der Waals surface area contributed by atoms with Gasteiger partial charge in [-0.25, -0.2) is 0 Å². The van der Waals surface area contributed by atoms with E-state index >= 15 is 0 Å². The molecule has 1 aromatic heterocycles. The van der Waals surface area contributed by atoms with E-state index in [9.17, 15) is 0 Å². The van der Waals surface area contributed by atoms with Crippen molar-refractivity contribution in [2.45, 2.75) is 32.6 Å². The fourth-order valence-corrected chi connectivity index (χ4v) is 4.67. The molecule has 0 atom stereocenters. The van der Waals surface area contributed by atoms with Crippen LogP contribution >= 0.6 is 23.7 Å². The predicted molar refractivity (Wildman–Crippen MR) is 144 cm³/mol. The molecule has 5 heteroatoms. The first-order valence-corrected chi connectivity index (χ1v) is 12.1. The highest BCUT2D eigenvalue weighted by atomic mass is 35.5. The Morgan fingerprint density at radius 2 is 1.55 bits per heavy atom. The quantitative estimate of drug-likeness (QED) is 0.159. The van der Waals surface area contributed by atoms with Crippen LogP contribution in [0.25, 0.3) is 20.5 Å². The van der Waals surface area contributed by atoms with Crippen LogP contribution in [0.2, 0.25) is 0 Å². The lowest BCUT2D eigenvalue weighted by Gasteiger charge is -2.09. The zero-order valence-electron chi connectivity index (χ0n) is 18.9. The van der Waals surface area contributed by atoms with Crippen LogP contribution in [0.1, 0.15) is 32.6 Å². The summed E-state index contributed by atoms with van der Waals surface area (Å²) >= 11 is 1.76. The van der Waals surface area contributed by atoms with Gasteiger partial charge in [-0.3, -0.25) is 4.99 Å². The number of hydrogen-bond acceptors (Lipinski definition) is 4. The minimum absolute atomic E-state index is 0. The summed E-state index contributed by atoms with van der Waals surface area (Å²) in [4.78, 5) is 5.56. The molecular weight excluding hydrogens is 450 g/mol. The minimum Gasteiger partial charge on any atom is -0.488 e. The van der Waals surface area contributed by atoms with Crippen molar-refractivity contribution in [2.24, 2.45) is 4.99 Å². The SMILES string of the molecule is CCCCCCN=CCOc1ccc(Oc2c(-c3ccccc3)sc3ccccc23)cc1.Cl. The lowest BCUT2D eigenvalue weighted by molar-refractivity contribution is 0.379. The second-order valence-electron chi connectivity index (χ2n) is 7.66. The van der Waals surface area contributed by atoms with Crippen molar-refractivity contribution >= 4 is 40.0 Å². The zero-order chi connectivity index (χ0) is 22.0. The number of nitrogens with zero attached hydrogens (tertiary/aromatic N) is 1. The predicted octanol–water partition coefficient (Wildman–Crippen LogP) is 8.81. The van der Waals surface area contributed by atoms with Gasteiger partial charge in [-0.2, -0.15) is 0 Å². The van der Waals surface area contributed by atoms with Crippen LogP contribution in [0.3, 0.4) is 0 Å². The van der Waals surface area contributed by atoms with Gasteiger partial charge in [0, 0.05) is 22.8 Å². The van der Waals surface area contributed by atoms with Crippen molar-refractivity contribution in [1.82, 2.24) is 0 Å². The van der Waals surface area contributed by atoms with E-state index in [1.165, 1.54) is 24.0 Å². The Bertz CT molecular complexity index is 1140. The lowest BCUT2D eigenvalue weighted by atomic mass is 10.1. The molecule has 1 heterocycles. The van der Waals surface area contributed by atoms with Gasteiger partial charge in [0.25, 0.3) is 0 Å². The average molecular weight is 480 g/mol. The van der Waals surface area contributed by atoms with E-state index in [2.05, 4.69) is 60.4 Å². The van der Waals surface area contributed by atoms with Gasteiger partial charge in [-0.1, -0.05) is 68.7 Å². The number of hydrogen-bond donors (Lipinski definition) is 0. The molecule has 0 aliphatic rings. The fraction of sp³-hybridized carbons (Fsp3) is 0.250. The fourth-order valence-electron chi connectivity index (χ4n) is 3.53. The van der Waals surface area contributed by atoms with E-state index in [-0.39, 0.29) is 12.4 Å². The van der Waals surface area contributed by atoms with E-state index in [0.717, 1.165) is 46.0 Å². The molecule has 0 aliphatic carbocycles. The summed E-state index contributed by atoms with van der Waals surface area (Å²) < 4.78 is 13.4. The number of ether oxygens (including phenoxy) is 2. The van der Waals surface area contributed by atoms with Gasteiger partial charge in [0.1, 0.15) is 18.1 Å². The molecule has 4 aromatic rings. The third kappa shape index (κ3) is 6.83. The summed E-state index contributed by atoms with van der Waals surface area (Å²) in [6, 6.07) is 26.6. The molecule has 0 fully saturated rings. The lowest BCUT2D eigenvalue weighted by Crippen LogP contribution is -1.99. The van der Waals surface area contributed by atoms with Crippen molar-refractivity contribution in [1.29, 1.82) is 0 Å². The topological polar surface area (TPSA) is 30.8 Å². The molecule has 3 aromatic carbocycles. The Hall–Kier alpha value is -2.82. The highest BCUT2D eigenvalue weighted by Gasteiger charge is 2.15. The van der Waals surface area contributed by atoms with Crippen LogP contribution in [-0.4, -0.2) is 19.4 Å². The van der Waals surface area contributed by atoms with Crippen LogP contribution < -0.4 is 9.47 Å². The van der Waals surface area contributed by atoms with E-state index < -0.39 is 0 Å². The summed E-state index contributed by atoms with van der Waals surface area (Å²) in [6.45, 7) is 3.59. The average Bonchev–Trinajstić information content (AvgIpc) is 3.21. The van der Waals surface area contributed by atoms with Crippen LogP contribution in [-0.2, 0) is 0 Å². The molecular formula is C28H30ClNO2S. The van der Waals surface area contributed by atoms with Crippen molar-refractivity contribution in [3.05, 3.63) is 78.9 Å². The van der Waals surface area contributed by atoms with E-state index in [4.69, 9.17) is 9.47 Å². The van der Waals surface area contributed by atoms with Gasteiger partial charge in [0.05, 0.1) is 4.88 Å². The first-order valence-electron chi connectivity index (χ1n) is 11.3. The van der Waals surface area contributed by atoms with Crippen molar-refractivity contribution in [3.8, 4) is 27.7 Å². The normalized spacial score (nSPS) is 10.9. The summed E-state index contributed by atoms with van der Waals surface area (Å²) in [6.07, 6.45) is 6.80. The number of unbranched alkanes of at least 4 members (excludes halogenated alkanes) is 3.